The van der Waals surface area contributed by atoms with E-state index in [0.717, 1.165) is 6.42 Å². The summed E-state index contributed by atoms with van der Waals surface area (Å²) < 4.78 is 5.22. The Morgan fingerprint density at radius 1 is 0.938 bits per heavy atom. The highest BCUT2D eigenvalue weighted by Gasteiger charge is 2.10. The van der Waals surface area contributed by atoms with E-state index in [1.54, 1.807) is 0 Å². The fourth-order valence-corrected chi connectivity index (χ4v) is 2.29. The van der Waals surface area contributed by atoms with Gasteiger partial charge in [-0.2, -0.15) is 0 Å². The summed E-state index contributed by atoms with van der Waals surface area (Å²) >= 11 is 0. The van der Waals surface area contributed by atoms with E-state index in [-0.39, 0.29) is 5.97 Å². The van der Waals surface area contributed by atoms with Gasteiger partial charge in [-0.1, -0.05) is 58.3 Å². The highest BCUT2D eigenvalue weighted by molar-refractivity contribution is 5.69. The van der Waals surface area contributed by atoms with Crippen molar-refractivity contribution in [2.45, 2.75) is 71.1 Å². The van der Waals surface area contributed by atoms with Crippen LogP contribution in [-0.4, -0.2) is 12.6 Å². The van der Waals surface area contributed by atoms with E-state index in [9.17, 15) is 4.79 Å². The zero-order valence-electron chi connectivity index (χ0n) is 10.7. The molecule has 1 heterocycles. The zero-order valence-corrected chi connectivity index (χ0v) is 10.7. The van der Waals surface area contributed by atoms with Crippen LogP contribution in [0.3, 0.4) is 0 Å². The maximum absolute atomic E-state index is 11.4. The first-order valence-electron chi connectivity index (χ1n) is 6.94. The van der Waals surface area contributed by atoms with Crippen LogP contribution in [-0.2, 0) is 9.53 Å². The Kier molecular flexibility index (Phi) is 7.28. The van der Waals surface area contributed by atoms with E-state index in [1.807, 2.05) is 0 Å². The van der Waals surface area contributed by atoms with Gasteiger partial charge in [0.05, 0.1) is 6.61 Å². The number of cyclic esters (lactones) is 1. The van der Waals surface area contributed by atoms with Gasteiger partial charge in [-0.25, -0.2) is 0 Å². The molecule has 0 N–H and O–H groups in total. The number of carbonyl (C=O) groups is 1. The molecule has 2 heteroatoms. The molecule has 1 fully saturated rings. The molecular weight excluding hydrogens is 200 g/mol. The van der Waals surface area contributed by atoms with E-state index < -0.39 is 0 Å². The van der Waals surface area contributed by atoms with Crippen molar-refractivity contribution in [3.05, 3.63) is 0 Å². The van der Waals surface area contributed by atoms with E-state index in [4.69, 9.17) is 4.74 Å². The highest BCUT2D eigenvalue weighted by atomic mass is 16.5. The van der Waals surface area contributed by atoms with Crippen molar-refractivity contribution in [3.63, 3.8) is 0 Å². The van der Waals surface area contributed by atoms with Crippen LogP contribution >= 0.6 is 0 Å². The van der Waals surface area contributed by atoms with Gasteiger partial charge in [-0.05, 0) is 12.3 Å². The van der Waals surface area contributed by atoms with Crippen molar-refractivity contribution in [2.75, 3.05) is 6.61 Å². The van der Waals surface area contributed by atoms with Crippen LogP contribution in [0.1, 0.15) is 71.1 Å². The van der Waals surface area contributed by atoms with Gasteiger partial charge in [0.1, 0.15) is 0 Å². The van der Waals surface area contributed by atoms with Crippen LogP contribution in [0.4, 0.5) is 0 Å². The van der Waals surface area contributed by atoms with Gasteiger partial charge in [0.25, 0.3) is 0 Å². The van der Waals surface area contributed by atoms with Gasteiger partial charge in [-0.3, -0.25) is 4.79 Å². The molecule has 0 aromatic carbocycles. The lowest BCUT2D eigenvalue weighted by molar-refractivity contribution is -0.144. The standard InChI is InChI=1S/C14H26O2/c1-13-10-8-6-4-2-3-5-7-9-11-16-14(15)12-13/h13H,2-12H2,1H3. The Hall–Kier alpha value is -0.530. The lowest BCUT2D eigenvalue weighted by Gasteiger charge is -2.12. The third-order valence-corrected chi connectivity index (χ3v) is 3.37. The topological polar surface area (TPSA) is 26.3 Å². The van der Waals surface area contributed by atoms with Crippen LogP contribution in [0.5, 0.6) is 0 Å². The molecule has 1 rings (SSSR count). The second-order valence-electron chi connectivity index (χ2n) is 5.15. The monoisotopic (exact) mass is 226 g/mol. The Morgan fingerprint density at radius 3 is 2.19 bits per heavy atom. The summed E-state index contributed by atoms with van der Waals surface area (Å²) in [5.74, 6) is 0.500. The molecular formula is C14H26O2. The zero-order chi connectivity index (χ0) is 11.6. The molecule has 94 valence electrons. The van der Waals surface area contributed by atoms with Gasteiger partial charge in [-0.15, -0.1) is 0 Å². The molecule has 0 saturated carbocycles. The summed E-state index contributed by atoms with van der Waals surface area (Å²) in [6.45, 7) is 2.79. The highest BCUT2D eigenvalue weighted by Crippen LogP contribution is 2.16. The SMILES string of the molecule is CC1CCCCCCCCCCOC(=O)C1. The van der Waals surface area contributed by atoms with Gasteiger partial charge in [0.2, 0.25) is 0 Å². The van der Waals surface area contributed by atoms with E-state index in [1.165, 1.54) is 51.4 Å². The van der Waals surface area contributed by atoms with Crippen molar-refractivity contribution in [1.29, 1.82) is 0 Å². The van der Waals surface area contributed by atoms with Crippen molar-refractivity contribution >= 4 is 5.97 Å². The molecule has 1 saturated heterocycles. The fourth-order valence-electron chi connectivity index (χ4n) is 2.29. The number of ether oxygens (including phenoxy) is 1. The van der Waals surface area contributed by atoms with Crippen molar-refractivity contribution < 1.29 is 9.53 Å². The Morgan fingerprint density at radius 2 is 1.50 bits per heavy atom. The van der Waals surface area contributed by atoms with Gasteiger partial charge in [0.15, 0.2) is 0 Å². The predicted molar refractivity (Wildman–Crippen MR) is 66.3 cm³/mol. The van der Waals surface area contributed by atoms with Gasteiger partial charge in [0, 0.05) is 6.42 Å². The third-order valence-electron chi connectivity index (χ3n) is 3.37. The minimum absolute atomic E-state index is 0.00422. The Bertz CT molecular complexity index is 189. The molecule has 0 aromatic rings. The van der Waals surface area contributed by atoms with E-state index in [0.29, 0.717) is 18.9 Å². The maximum Gasteiger partial charge on any atom is 0.306 e. The predicted octanol–water partition coefficient (Wildman–Crippen LogP) is 4.08. The van der Waals surface area contributed by atoms with E-state index in [2.05, 4.69) is 6.92 Å². The molecule has 1 unspecified atom stereocenters. The molecule has 0 amide bonds. The Balaban J connectivity index is 2.23. The van der Waals surface area contributed by atoms with Crippen molar-refractivity contribution in [3.8, 4) is 0 Å². The largest absolute Gasteiger partial charge is 0.466 e. The molecule has 0 spiro atoms. The molecule has 1 atom stereocenters. The van der Waals surface area contributed by atoms with Crippen LogP contribution < -0.4 is 0 Å². The van der Waals surface area contributed by atoms with Crippen LogP contribution in [0.2, 0.25) is 0 Å². The van der Waals surface area contributed by atoms with Crippen molar-refractivity contribution in [2.24, 2.45) is 5.92 Å². The number of hydrogen-bond acceptors (Lipinski definition) is 2. The summed E-state index contributed by atoms with van der Waals surface area (Å²) in [5.41, 5.74) is 0. The van der Waals surface area contributed by atoms with Crippen molar-refractivity contribution in [1.82, 2.24) is 0 Å². The molecule has 0 aromatic heterocycles. The smallest absolute Gasteiger partial charge is 0.306 e. The van der Waals surface area contributed by atoms with E-state index >= 15 is 0 Å². The summed E-state index contributed by atoms with van der Waals surface area (Å²) in [6, 6.07) is 0. The first-order chi connectivity index (χ1) is 7.79. The van der Waals surface area contributed by atoms with Gasteiger partial charge < -0.3 is 4.74 Å². The van der Waals surface area contributed by atoms with Crippen LogP contribution in [0, 0.1) is 5.92 Å². The second-order valence-corrected chi connectivity index (χ2v) is 5.15. The second kappa shape index (κ2) is 8.60. The quantitative estimate of drug-likeness (QED) is 0.582. The number of esters is 1. The summed E-state index contributed by atoms with van der Waals surface area (Å²) in [4.78, 5) is 11.4. The normalized spacial score (nSPS) is 26.8. The number of hydrogen-bond donors (Lipinski definition) is 0. The minimum atomic E-state index is 0.00422. The first-order valence-corrected chi connectivity index (χ1v) is 6.94. The average molecular weight is 226 g/mol. The molecule has 1 aliphatic heterocycles. The molecule has 0 radical (unpaired) electrons. The van der Waals surface area contributed by atoms with Gasteiger partial charge >= 0.3 is 5.97 Å². The summed E-state index contributed by atoms with van der Waals surface area (Å²) in [7, 11) is 0. The number of carbonyl (C=O) groups excluding carboxylic acids is 1. The minimum Gasteiger partial charge on any atom is -0.466 e. The molecule has 2 nitrogen and oxygen atoms in total. The molecule has 1 aliphatic rings. The lowest BCUT2D eigenvalue weighted by Crippen LogP contribution is -2.10. The average Bonchev–Trinajstić information content (AvgIpc) is 2.25. The van der Waals surface area contributed by atoms with Crippen LogP contribution in [0.25, 0.3) is 0 Å². The summed E-state index contributed by atoms with van der Waals surface area (Å²) in [6.07, 6.45) is 12.1. The molecule has 0 aliphatic carbocycles. The number of rotatable bonds is 0. The summed E-state index contributed by atoms with van der Waals surface area (Å²) in [5, 5.41) is 0. The first kappa shape index (κ1) is 13.5. The fraction of sp³-hybridized carbons (Fsp3) is 0.929. The maximum atomic E-state index is 11.4. The molecule has 0 bridgehead atoms. The molecule has 16 heavy (non-hydrogen) atoms. The lowest BCUT2D eigenvalue weighted by atomic mass is 9.98. The Labute approximate surface area is 99.8 Å². The van der Waals surface area contributed by atoms with Crippen LogP contribution in [0.15, 0.2) is 0 Å². The third kappa shape index (κ3) is 6.86.